The van der Waals surface area contributed by atoms with Crippen molar-refractivity contribution in [2.45, 2.75) is 13.0 Å². The number of thiophene rings is 1. The lowest BCUT2D eigenvalue weighted by molar-refractivity contribution is 0.405. The van der Waals surface area contributed by atoms with Gasteiger partial charge in [-0.2, -0.15) is 0 Å². The molecule has 3 heteroatoms. The fraction of sp³-hybridized carbons (Fsp3) is 0.286. The van der Waals surface area contributed by atoms with Crippen molar-refractivity contribution in [1.29, 1.82) is 0 Å². The van der Waals surface area contributed by atoms with E-state index in [9.17, 15) is 0 Å². The highest BCUT2D eigenvalue weighted by molar-refractivity contribution is 7.10. The highest BCUT2D eigenvalue weighted by atomic mass is 32.1. The van der Waals surface area contributed by atoms with Crippen LogP contribution in [0.5, 0.6) is 5.75 Å². The number of rotatable bonds is 4. The summed E-state index contributed by atoms with van der Waals surface area (Å²) in [4.78, 5) is 1.30. The number of benzene rings is 1. The Morgan fingerprint density at radius 3 is 2.71 bits per heavy atom. The molecule has 2 rings (SSSR count). The van der Waals surface area contributed by atoms with Crippen molar-refractivity contribution in [1.82, 2.24) is 5.32 Å². The molecule has 17 heavy (non-hydrogen) atoms. The van der Waals surface area contributed by atoms with Crippen LogP contribution in [0.1, 0.15) is 22.0 Å². The van der Waals surface area contributed by atoms with E-state index in [-0.39, 0.29) is 6.04 Å². The average molecular weight is 247 g/mol. The minimum absolute atomic E-state index is 0.199. The number of aryl methyl sites for hydroxylation is 1. The van der Waals surface area contributed by atoms with Crippen molar-refractivity contribution in [2.24, 2.45) is 0 Å². The van der Waals surface area contributed by atoms with E-state index in [0.717, 1.165) is 5.75 Å². The van der Waals surface area contributed by atoms with E-state index in [1.807, 2.05) is 13.1 Å². The van der Waals surface area contributed by atoms with Gasteiger partial charge < -0.3 is 10.1 Å². The zero-order valence-electron chi connectivity index (χ0n) is 10.4. The topological polar surface area (TPSA) is 21.3 Å². The Balaban J connectivity index is 2.46. The SMILES string of the molecule is CNC(c1cccs1)c1cc(C)ccc1OC. The molecule has 0 radical (unpaired) electrons. The number of hydrogen-bond donors (Lipinski definition) is 1. The molecular weight excluding hydrogens is 230 g/mol. The monoisotopic (exact) mass is 247 g/mol. The molecule has 1 N–H and O–H groups in total. The van der Waals surface area contributed by atoms with E-state index in [4.69, 9.17) is 4.74 Å². The first-order valence-corrected chi connectivity index (χ1v) is 6.49. The van der Waals surface area contributed by atoms with Crippen molar-refractivity contribution in [3.05, 3.63) is 51.7 Å². The molecule has 2 nitrogen and oxygen atoms in total. The summed E-state index contributed by atoms with van der Waals surface area (Å²) in [6.45, 7) is 2.10. The zero-order valence-corrected chi connectivity index (χ0v) is 11.2. The van der Waals surface area contributed by atoms with Crippen LogP contribution in [0.3, 0.4) is 0 Å². The molecule has 0 spiro atoms. The first kappa shape index (κ1) is 12.1. The number of nitrogens with one attached hydrogen (secondary N) is 1. The smallest absolute Gasteiger partial charge is 0.124 e. The Kier molecular flexibility index (Phi) is 3.82. The molecule has 1 heterocycles. The third-order valence-corrected chi connectivity index (χ3v) is 3.75. The van der Waals surface area contributed by atoms with Gasteiger partial charge in [-0.05, 0) is 31.5 Å². The van der Waals surface area contributed by atoms with Crippen molar-refractivity contribution in [2.75, 3.05) is 14.2 Å². The minimum Gasteiger partial charge on any atom is -0.496 e. The molecule has 0 amide bonds. The molecule has 1 atom stereocenters. The molecular formula is C14H17NOS. The highest BCUT2D eigenvalue weighted by Gasteiger charge is 2.17. The van der Waals surface area contributed by atoms with Gasteiger partial charge in [0.25, 0.3) is 0 Å². The van der Waals surface area contributed by atoms with Gasteiger partial charge in [-0.1, -0.05) is 23.8 Å². The third-order valence-electron chi connectivity index (χ3n) is 2.81. The Morgan fingerprint density at radius 2 is 2.12 bits per heavy atom. The lowest BCUT2D eigenvalue weighted by atomic mass is 10.0. The molecule has 2 aromatic rings. The van der Waals surface area contributed by atoms with Gasteiger partial charge in [0.2, 0.25) is 0 Å². The summed E-state index contributed by atoms with van der Waals surface area (Å²) in [5.41, 5.74) is 2.44. The largest absolute Gasteiger partial charge is 0.496 e. The molecule has 0 aliphatic carbocycles. The van der Waals surface area contributed by atoms with Gasteiger partial charge in [-0.3, -0.25) is 0 Å². The van der Waals surface area contributed by atoms with Gasteiger partial charge in [0.05, 0.1) is 13.2 Å². The first-order valence-electron chi connectivity index (χ1n) is 5.61. The fourth-order valence-electron chi connectivity index (χ4n) is 1.99. The summed E-state index contributed by atoms with van der Waals surface area (Å²) in [5.74, 6) is 0.934. The lowest BCUT2D eigenvalue weighted by Gasteiger charge is -2.18. The van der Waals surface area contributed by atoms with Crippen LogP contribution in [0.15, 0.2) is 35.7 Å². The van der Waals surface area contributed by atoms with E-state index in [1.54, 1.807) is 18.4 Å². The third kappa shape index (κ3) is 2.51. The average Bonchev–Trinajstić information content (AvgIpc) is 2.84. The fourth-order valence-corrected chi connectivity index (χ4v) is 2.84. The van der Waals surface area contributed by atoms with Crippen LogP contribution in [0.4, 0.5) is 0 Å². The van der Waals surface area contributed by atoms with Gasteiger partial charge >= 0.3 is 0 Å². The van der Waals surface area contributed by atoms with Crippen molar-refractivity contribution in [3.8, 4) is 5.75 Å². The molecule has 0 bridgehead atoms. The summed E-state index contributed by atoms with van der Waals surface area (Å²) in [6.07, 6.45) is 0. The summed E-state index contributed by atoms with van der Waals surface area (Å²) in [5, 5.41) is 5.45. The van der Waals surface area contributed by atoms with Gasteiger partial charge in [0, 0.05) is 10.4 Å². The minimum atomic E-state index is 0.199. The van der Waals surface area contributed by atoms with E-state index in [0.29, 0.717) is 0 Å². The predicted molar refractivity (Wildman–Crippen MR) is 73.0 cm³/mol. The Bertz CT molecular complexity index is 479. The Labute approximate surface area is 106 Å². The van der Waals surface area contributed by atoms with Crippen molar-refractivity contribution in [3.63, 3.8) is 0 Å². The van der Waals surface area contributed by atoms with Gasteiger partial charge in [0.1, 0.15) is 5.75 Å². The van der Waals surface area contributed by atoms with Crippen LogP contribution in [-0.4, -0.2) is 14.2 Å². The molecule has 1 unspecified atom stereocenters. The summed E-state index contributed by atoms with van der Waals surface area (Å²) in [7, 11) is 3.70. The van der Waals surface area contributed by atoms with Crippen molar-refractivity contribution >= 4 is 11.3 Å². The quantitative estimate of drug-likeness (QED) is 0.894. The first-order chi connectivity index (χ1) is 8.26. The molecule has 1 aromatic carbocycles. The number of ether oxygens (including phenoxy) is 1. The molecule has 90 valence electrons. The maximum atomic E-state index is 5.45. The molecule has 0 saturated carbocycles. The number of hydrogen-bond acceptors (Lipinski definition) is 3. The normalized spacial score (nSPS) is 12.4. The van der Waals surface area contributed by atoms with E-state index in [1.165, 1.54) is 16.0 Å². The van der Waals surface area contributed by atoms with E-state index in [2.05, 4.69) is 41.9 Å². The van der Waals surface area contributed by atoms with Crippen molar-refractivity contribution < 1.29 is 4.74 Å². The van der Waals surface area contributed by atoms with Gasteiger partial charge in [-0.25, -0.2) is 0 Å². The lowest BCUT2D eigenvalue weighted by Crippen LogP contribution is -2.17. The maximum Gasteiger partial charge on any atom is 0.124 e. The second kappa shape index (κ2) is 5.34. The van der Waals surface area contributed by atoms with Gasteiger partial charge in [0.15, 0.2) is 0 Å². The highest BCUT2D eigenvalue weighted by Crippen LogP contribution is 2.32. The van der Waals surface area contributed by atoms with E-state index >= 15 is 0 Å². The molecule has 0 fully saturated rings. The van der Waals surface area contributed by atoms with Crippen LogP contribution in [0.25, 0.3) is 0 Å². The van der Waals surface area contributed by atoms with Gasteiger partial charge in [-0.15, -0.1) is 11.3 Å². The van der Waals surface area contributed by atoms with Crippen LogP contribution in [-0.2, 0) is 0 Å². The standard InChI is InChI=1S/C14H17NOS/c1-10-6-7-12(16-3)11(9-10)14(15-2)13-5-4-8-17-13/h4-9,14-15H,1-3H3. The summed E-state index contributed by atoms with van der Waals surface area (Å²) < 4.78 is 5.45. The molecule has 1 aromatic heterocycles. The Hall–Kier alpha value is -1.32. The van der Waals surface area contributed by atoms with Crippen LogP contribution >= 0.6 is 11.3 Å². The Morgan fingerprint density at radius 1 is 1.29 bits per heavy atom. The summed E-state index contributed by atoms with van der Waals surface area (Å²) in [6, 6.07) is 10.7. The zero-order chi connectivity index (χ0) is 12.3. The van der Waals surface area contributed by atoms with Crippen LogP contribution in [0.2, 0.25) is 0 Å². The molecule has 0 saturated heterocycles. The summed E-state index contributed by atoms with van der Waals surface area (Å²) >= 11 is 1.76. The van der Waals surface area contributed by atoms with E-state index < -0.39 is 0 Å². The van der Waals surface area contributed by atoms with Crippen LogP contribution in [0, 0.1) is 6.92 Å². The van der Waals surface area contributed by atoms with Crippen LogP contribution < -0.4 is 10.1 Å². The number of methoxy groups -OCH3 is 1. The predicted octanol–water partition coefficient (Wildman–Crippen LogP) is 3.37. The second-order valence-electron chi connectivity index (χ2n) is 3.98. The second-order valence-corrected chi connectivity index (χ2v) is 4.96. The molecule has 0 aliphatic heterocycles. The maximum absolute atomic E-state index is 5.45. The molecule has 0 aliphatic rings.